The molecular weight excluding hydrogens is 350 g/mol. The molecule has 0 aromatic heterocycles. The monoisotopic (exact) mass is 377 g/mol. The Labute approximate surface area is 159 Å². The molecule has 1 aromatic carbocycles. The van der Waals surface area contributed by atoms with E-state index >= 15 is 0 Å². The number of carbonyl (C=O) groups is 2. The fraction of sp³-hybridized carbons (Fsp3) is 0.579. The first-order chi connectivity index (χ1) is 13.1. The lowest BCUT2D eigenvalue weighted by Crippen LogP contribution is -2.36. The van der Waals surface area contributed by atoms with Crippen molar-refractivity contribution in [3.05, 3.63) is 23.8 Å². The van der Waals surface area contributed by atoms with Gasteiger partial charge in [0.1, 0.15) is 12.7 Å². The zero-order valence-corrected chi connectivity index (χ0v) is 15.9. The highest BCUT2D eigenvalue weighted by Gasteiger charge is 2.22. The molecule has 0 bridgehead atoms. The third-order valence-corrected chi connectivity index (χ3v) is 4.90. The normalized spacial score (nSPS) is 18.3. The number of rotatable bonds is 7. The lowest BCUT2D eigenvalue weighted by molar-refractivity contribution is 0.0947. The molecule has 0 aliphatic carbocycles. The van der Waals surface area contributed by atoms with E-state index in [1.807, 2.05) is 0 Å². The molecular formula is C19H27N3O5. The molecule has 0 atom stereocenters. The number of carbonyl (C=O) groups excluding carboxylic acids is 2. The third-order valence-electron chi connectivity index (χ3n) is 4.90. The Bertz CT molecular complexity index is 673. The Morgan fingerprint density at radius 3 is 2.70 bits per heavy atom. The zero-order chi connectivity index (χ0) is 19.2. The van der Waals surface area contributed by atoms with Crippen molar-refractivity contribution in [1.29, 1.82) is 0 Å². The molecule has 2 saturated heterocycles. The predicted molar refractivity (Wildman–Crippen MR) is 99.4 cm³/mol. The molecule has 0 spiro atoms. The van der Waals surface area contributed by atoms with Crippen molar-refractivity contribution in [2.75, 3.05) is 53.5 Å². The van der Waals surface area contributed by atoms with Crippen LogP contribution in [0, 0.1) is 0 Å². The summed E-state index contributed by atoms with van der Waals surface area (Å²) in [5.41, 5.74) is 0.492. The molecule has 0 radical (unpaired) electrons. The van der Waals surface area contributed by atoms with Gasteiger partial charge >= 0.3 is 6.09 Å². The van der Waals surface area contributed by atoms with Crippen molar-refractivity contribution < 1.29 is 23.8 Å². The molecule has 2 aliphatic rings. The standard InChI is InChI=1S/C19H27N3O5/c1-21-8-5-15(6-9-21)27-16-4-3-14(13-17(16)25-2)18(23)20-7-10-22-11-12-26-19(22)24/h3-4,13,15H,5-12H2,1-2H3,(H,20,23). The minimum atomic E-state index is -0.332. The lowest BCUT2D eigenvalue weighted by Gasteiger charge is -2.29. The highest BCUT2D eigenvalue weighted by Crippen LogP contribution is 2.30. The average Bonchev–Trinajstić information content (AvgIpc) is 3.08. The van der Waals surface area contributed by atoms with Gasteiger partial charge < -0.3 is 29.3 Å². The summed E-state index contributed by atoms with van der Waals surface area (Å²) >= 11 is 0. The zero-order valence-electron chi connectivity index (χ0n) is 15.9. The van der Waals surface area contributed by atoms with Crippen LogP contribution >= 0.6 is 0 Å². The van der Waals surface area contributed by atoms with E-state index in [-0.39, 0.29) is 18.1 Å². The van der Waals surface area contributed by atoms with Crippen molar-refractivity contribution in [3.63, 3.8) is 0 Å². The number of piperidine rings is 1. The second-order valence-corrected chi connectivity index (χ2v) is 6.84. The number of nitrogens with one attached hydrogen (secondary N) is 1. The molecule has 2 amide bonds. The Balaban J connectivity index is 1.54. The Morgan fingerprint density at radius 2 is 2.04 bits per heavy atom. The number of hydrogen-bond acceptors (Lipinski definition) is 6. The highest BCUT2D eigenvalue weighted by molar-refractivity contribution is 5.94. The number of benzene rings is 1. The van der Waals surface area contributed by atoms with Crippen molar-refractivity contribution in [1.82, 2.24) is 15.1 Å². The molecule has 1 aromatic rings. The molecule has 8 nitrogen and oxygen atoms in total. The van der Waals surface area contributed by atoms with Crippen molar-refractivity contribution >= 4 is 12.0 Å². The van der Waals surface area contributed by atoms with E-state index in [0.717, 1.165) is 25.9 Å². The van der Waals surface area contributed by atoms with Crippen LogP contribution in [0.2, 0.25) is 0 Å². The largest absolute Gasteiger partial charge is 0.493 e. The first kappa shape index (κ1) is 19.3. The van der Waals surface area contributed by atoms with Crippen LogP contribution in [-0.4, -0.2) is 81.4 Å². The maximum Gasteiger partial charge on any atom is 0.409 e. The molecule has 2 aliphatic heterocycles. The van der Waals surface area contributed by atoms with Crippen LogP contribution in [-0.2, 0) is 4.74 Å². The summed E-state index contributed by atoms with van der Waals surface area (Å²) in [5.74, 6) is 0.986. The van der Waals surface area contributed by atoms with Gasteiger partial charge in [-0.2, -0.15) is 0 Å². The number of methoxy groups -OCH3 is 1. The van der Waals surface area contributed by atoms with Crippen LogP contribution in [0.3, 0.4) is 0 Å². The van der Waals surface area contributed by atoms with E-state index in [2.05, 4.69) is 17.3 Å². The fourth-order valence-electron chi connectivity index (χ4n) is 3.22. The number of amides is 2. The molecule has 3 rings (SSSR count). The molecule has 148 valence electrons. The minimum Gasteiger partial charge on any atom is -0.493 e. The van der Waals surface area contributed by atoms with E-state index in [9.17, 15) is 9.59 Å². The first-order valence-corrected chi connectivity index (χ1v) is 9.30. The number of likely N-dealkylation sites (tertiary alicyclic amines) is 1. The number of ether oxygens (including phenoxy) is 3. The van der Waals surface area contributed by atoms with E-state index < -0.39 is 0 Å². The maximum absolute atomic E-state index is 12.4. The van der Waals surface area contributed by atoms with Crippen LogP contribution in [0.15, 0.2) is 18.2 Å². The first-order valence-electron chi connectivity index (χ1n) is 9.30. The van der Waals surface area contributed by atoms with Crippen LogP contribution in [0.1, 0.15) is 23.2 Å². The van der Waals surface area contributed by atoms with Gasteiger partial charge in [-0.05, 0) is 38.1 Å². The van der Waals surface area contributed by atoms with E-state index in [1.165, 1.54) is 0 Å². The Morgan fingerprint density at radius 1 is 1.26 bits per heavy atom. The smallest absolute Gasteiger partial charge is 0.409 e. The quantitative estimate of drug-likeness (QED) is 0.773. The lowest BCUT2D eigenvalue weighted by atomic mass is 10.1. The van der Waals surface area contributed by atoms with Gasteiger partial charge in [0.2, 0.25) is 0 Å². The van der Waals surface area contributed by atoms with Gasteiger partial charge in [-0.15, -0.1) is 0 Å². The van der Waals surface area contributed by atoms with Crippen molar-refractivity contribution in [2.45, 2.75) is 18.9 Å². The molecule has 0 saturated carbocycles. The molecule has 0 unspecified atom stereocenters. The highest BCUT2D eigenvalue weighted by atomic mass is 16.6. The van der Waals surface area contributed by atoms with Gasteiger partial charge in [-0.1, -0.05) is 0 Å². The van der Waals surface area contributed by atoms with E-state index in [1.54, 1.807) is 30.2 Å². The summed E-state index contributed by atoms with van der Waals surface area (Å²) < 4.78 is 16.4. The summed E-state index contributed by atoms with van der Waals surface area (Å²) in [6.45, 7) is 3.79. The van der Waals surface area contributed by atoms with Gasteiger partial charge in [0.25, 0.3) is 5.91 Å². The third kappa shape index (κ3) is 5.03. The second-order valence-electron chi connectivity index (χ2n) is 6.84. The molecule has 27 heavy (non-hydrogen) atoms. The Kier molecular flexibility index (Phi) is 6.39. The topological polar surface area (TPSA) is 80.3 Å². The SMILES string of the molecule is COc1cc(C(=O)NCCN2CCOC2=O)ccc1OC1CCN(C)CC1. The minimum absolute atomic E-state index is 0.162. The summed E-state index contributed by atoms with van der Waals surface area (Å²) in [6, 6.07) is 5.19. The fourth-order valence-corrected chi connectivity index (χ4v) is 3.22. The van der Waals surface area contributed by atoms with Gasteiger partial charge in [0, 0.05) is 31.7 Å². The average molecular weight is 377 g/mol. The van der Waals surface area contributed by atoms with Gasteiger partial charge in [-0.25, -0.2) is 4.79 Å². The summed E-state index contributed by atoms with van der Waals surface area (Å²) in [6.07, 6.45) is 1.78. The molecule has 2 fully saturated rings. The number of cyclic esters (lactones) is 1. The van der Waals surface area contributed by atoms with Crippen molar-refractivity contribution in [2.24, 2.45) is 0 Å². The van der Waals surface area contributed by atoms with Crippen LogP contribution in [0.5, 0.6) is 11.5 Å². The van der Waals surface area contributed by atoms with Gasteiger partial charge in [-0.3, -0.25) is 4.79 Å². The predicted octanol–water partition coefficient (Wildman–Crippen LogP) is 1.35. The Hall–Kier alpha value is -2.48. The number of nitrogens with zero attached hydrogens (tertiary/aromatic N) is 2. The molecule has 8 heteroatoms. The summed E-state index contributed by atoms with van der Waals surface area (Å²) in [5, 5.41) is 2.81. The second kappa shape index (κ2) is 8.94. The van der Waals surface area contributed by atoms with Crippen LogP contribution in [0.4, 0.5) is 4.79 Å². The van der Waals surface area contributed by atoms with Crippen molar-refractivity contribution in [3.8, 4) is 11.5 Å². The number of hydrogen-bond donors (Lipinski definition) is 1. The molecule has 2 heterocycles. The van der Waals surface area contributed by atoms with Gasteiger partial charge in [0.05, 0.1) is 13.7 Å². The van der Waals surface area contributed by atoms with Crippen LogP contribution in [0.25, 0.3) is 0 Å². The van der Waals surface area contributed by atoms with Crippen LogP contribution < -0.4 is 14.8 Å². The summed E-state index contributed by atoms with van der Waals surface area (Å²) in [4.78, 5) is 27.6. The summed E-state index contributed by atoms with van der Waals surface area (Å²) in [7, 11) is 3.67. The maximum atomic E-state index is 12.4. The van der Waals surface area contributed by atoms with Gasteiger partial charge in [0.15, 0.2) is 11.5 Å². The van der Waals surface area contributed by atoms with E-state index in [0.29, 0.717) is 43.3 Å². The molecule has 1 N–H and O–H groups in total. The van der Waals surface area contributed by atoms with E-state index in [4.69, 9.17) is 14.2 Å².